The van der Waals surface area contributed by atoms with Crippen LogP contribution in [0.5, 0.6) is 0 Å². The zero-order chi connectivity index (χ0) is 17.3. The fraction of sp³-hybridized carbons (Fsp3) is 0.429. The van der Waals surface area contributed by atoms with Gasteiger partial charge in [0.1, 0.15) is 5.69 Å². The van der Waals surface area contributed by atoms with E-state index >= 15 is 0 Å². The smallest absolute Gasteiger partial charge is 0.306 e. The highest BCUT2D eigenvalue weighted by Gasteiger charge is 2.32. The number of likely N-dealkylation sites (tertiary alicyclic amines) is 1. The third kappa shape index (κ3) is 3.70. The Bertz CT molecular complexity index is 791. The van der Waals surface area contributed by atoms with Crippen molar-refractivity contribution in [2.45, 2.75) is 18.5 Å². The third-order valence-electron chi connectivity index (χ3n) is 3.75. The van der Waals surface area contributed by atoms with Gasteiger partial charge in [0.15, 0.2) is 0 Å². The lowest BCUT2D eigenvalue weighted by atomic mass is 10.1. The molecule has 1 atom stereocenters. The van der Waals surface area contributed by atoms with Crippen molar-refractivity contribution >= 4 is 11.9 Å². The van der Waals surface area contributed by atoms with Crippen LogP contribution in [0.15, 0.2) is 23.1 Å². The molecule has 2 N–H and O–H groups in total. The first-order chi connectivity index (χ1) is 11.3. The number of likely N-dealkylation sites (N-methyl/N-ethyl adjacent to an activating group) is 1. The van der Waals surface area contributed by atoms with E-state index in [-0.39, 0.29) is 23.4 Å². The van der Waals surface area contributed by atoms with Crippen molar-refractivity contribution in [2.75, 3.05) is 25.5 Å². The molecule has 0 amide bonds. The topological polar surface area (TPSA) is 86.8 Å². The van der Waals surface area contributed by atoms with Crippen LogP contribution < -0.4 is 10.9 Å². The molecule has 1 aliphatic heterocycles. The predicted molar refractivity (Wildman–Crippen MR) is 80.0 cm³/mol. The number of alkyl halides is 3. The minimum atomic E-state index is -4.57. The van der Waals surface area contributed by atoms with Gasteiger partial charge in [0.05, 0.1) is 5.69 Å². The molecule has 10 heteroatoms. The van der Waals surface area contributed by atoms with Gasteiger partial charge in [0, 0.05) is 24.7 Å². The molecule has 128 valence electrons. The van der Waals surface area contributed by atoms with Crippen molar-refractivity contribution in [3.8, 4) is 0 Å². The minimum absolute atomic E-state index is 0.0198. The van der Waals surface area contributed by atoms with E-state index in [9.17, 15) is 18.0 Å². The molecule has 1 aliphatic rings. The molecule has 0 radical (unpaired) electrons. The van der Waals surface area contributed by atoms with Gasteiger partial charge in [-0.15, -0.1) is 0 Å². The van der Waals surface area contributed by atoms with E-state index in [4.69, 9.17) is 0 Å². The molecule has 3 heterocycles. The standard InChI is InChI=1S/C14H15F3N6O/c1-23-5-3-8(7-23)9-6-11(24)21-13(19-9)22-12-18-4-2-10(20-12)14(15,16)17/h2,4,6,8H,3,5,7H2,1H3,(H2,18,19,20,21,22,24). The van der Waals surface area contributed by atoms with E-state index in [0.29, 0.717) is 5.69 Å². The molecule has 0 saturated carbocycles. The summed E-state index contributed by atoms with van der Waals surface area (Å²) in [5.41, 5.74) is -0.863. The highest BCUT2D eigenvalue weighted by molar-refractivity contribution is 5.42. The molecular weight excluding hydrogens is 325 g/mol. The molecule has 1 fully saturated rings. The first kappa shape index (κ1) is 16.4. The zero-order valence-electron chi connectivity index (χ0n) is 12.8. The Kier molecular flexibility index (Phi) is 4.22. The van der Waals surface area contributed by atoms with Crippen LogP contribution in [0.1, 0.15) is 23.7 Å². The fourth-order valence-electron chi connectivity index (χ4n) is 2.60. The normalized spacial score (nSPS) is 18.8. The van der Waals surface area contributed by atoms with E-state index in [1.165, 1.54) is 6.07 Å². The first-order valence-electron chi connectivity index (χ1n) is 7.28. The van der Waals surface area contributed by atoms with E-state index in [1.54, 1.807) is 0 Å². The molecule has 1 unspecified atom stereocenters. The maximum atomic E-state index is 12.7. The number of nitrogens with zero attached hydrogens (tertiary/aromatic N) is 4. The van der Waals surface area contributed by atoms with Crippen LogP contribution in [-0.2, 0) is 6.18 Å². The molecule has 0 spiro atoms. The van der Waals surface area contributed by atoms with E-state index in [2.05, 4.69) is 30.2 Å². The number of halogens is 3. The Morgan fingerprint density at radius 1 is 1.38 bits per heavy atom. The average Bonchev–Trinajstić information content (AvgIpc) is 2.93. The Morgan fingerprint density at radius 2 is 2.17 bits per heavy atom. The molecule has 2 aromatic heterocycles. The van der Waals surface area contributed by atoms with Gasteiger partial charge in [-0.2, -0.15) is 13.2 Å². The van der Waals surface area contributed by atoms with Gasteiger partial charge >= 0.3 is 6.18 Å². The number of hydrogen-bond donors (Lipinski definition) is 2. The summed E-state index contributed by atoms with van der Waals surface area (Å²) < 4.78 is 38.0. The van der Waals surface area contributed by atoms with Gasteiger partial charge < -0.3 is 4.90 Å². The van der Waals surface area contributed by atoms with Gasteiger partial charge in [-0.25, -0.2) is 15.0 Å². The average molecular weight is 340 g/mol. The first-order valence-corrected chi connectivity index (χ1v) is 7.28. The van der Waals surface area contributed by atoms with Crippen LogP contribution in [0.4, 0.5) is 25.1 Å². The summed E-state index contributed by atoms with van der Waals surface area (Å²) in [6.07, 6.45) is -2.71. The second kappa shape index (κ2) is 6.19. The second-order valence-electron chi connectivity index (χ2n) is 5.65. The van der Waals surface area contributed by atoms with Crippen LogP contribution in [-0.4, -0.2) is 45.0 Å². The second-order valence-corrected chi connectivity index (χ2v) is 5.65. The number of aromatic amines is 1. The van der Waals surface area contributed by atoms with E-state index < -0.39 is 11.9 Å². The summed E-state index contributed by atoms with van der Waals surface area (Å²) in [6.45, 7) is 1.68. The van der Waals surface area contributed by atoms with Gasteiger partial charge in [0.25, 0.3) is 5.56 Å². The highest BCUT2D eigenvalue weighted by Crippen LogP contribution is 2.28. The van der Waals surface area contributed by atoms with Gasteiger partial charge in [-0.3, -0.25) is 15.1 Å². The van der Waals surface area contributed by atoms with E-state index in [1.807, 2.05) is 7.05 Å². The zero-order valence-corrected chi connectivity index (χ0v) is 12.8. The van der Waals surface area contributed by atoms with Crippen LogP contribution in [0.2, 0.25) is 0 Å². The fourth-order valence-corrected chi connectivity index (χ4v) is 2.60. The molecule has 0 aliphatic carbocycles. The number of hydrogen-bond acceptors (Lipinski definition) is 6. The summed E-state index contributed by atoms with van der Waals surface area (Å²) in [5.74, 6) is -0.152. The third-order valence-corrected chi connectivity index (χ3v) is 3.75. The number of rotatable bonds is 3. The van der Waals surface area contributed by atoms with Crippen molar-refractivity contribution in [3.05, 3.63) is 40.1 Å². The quantitative estimate of drug-likeness (QED) is 0.885. The Morgan fingerprint density at radius 3 is 2.83 bits per heavy atom. The lowest BCUT2D eigenvalue weighted by Gasteiger charge is -2.12. The van der Waals surface area contributed by atoms with Crippen LogP contribution >= 0.6 is 0 Å². The van der Waals surface area contributed by atoms with E-state index in [0.717, 1.165) is 31.8 Å². The maximum absolute atomic E-state index is 12.7. The molecule has 0 aromatic carbocycles. The number of H-pyrrole nitrogens is 1. The Labute approximate surface area is 135 Å². The Hall–Kier alpha value is -2.49. The summed E-state index contributed by atoms with van der Waals surface area (Å²) in [5, 5.41) is 2.53. The van der Waals surface area contributed by atoms with Crippen molar-refractivity contribution in [1.82, 2.24) is 24.8 Å². The van der Waals surface area contributed by atoms with Crippen LogP contribution in [0.25, 0.3) is 0 Å². The van der Waals surface area contributed by atoms with Crippen LogP contribution in [0, 0.1) is 0 Å². The number of anilines is 2. The van der Waals surface area contributed by atoms with Crippen LogP contribution in [0.3, 0.4) is 0 Å². The molecule has 3 rings (SSSR count). The Balaban J connectivity index is 1.85. The lowest BCUT2D eigenvalue weighted by Crippen LogP contribution is -2.18. The largest absolute Gasteiger partial charge is 0.433 e. The lowest BCUT2D eigenvalue weighted by molar-refractivity contribution is -0.141. The summed E-state index contributed by atoms with van der Waals surface area (Å²) in [4.78, 5) is 27.8. The summed E-state index contributed by atoms with van der Waals surface area (Å²) in [7, 11) is 1.98. The van der Waals surface area contributed by atoms with Crippen molar-refractivity contribution in [2.24, 2.45) is 0 Å². The van der Waals surface area contributed by atoms with Crippen molar-refractivity contribution < 1.29 is 13.2 Å². The highest BCUT2D eigenvalue weighted by atomic mass is 19.4. The SMILES string of the molecule is CN1CCC(c2cc(=O)[nH]c(Nc3nccc(C(F)(F)F)n3)n2)C1. The molecule has 1 saturated heterocycles. The number of nitrogens with one attached hydrogen (secondary N) is 2. The summed E-state index contributed by atoms with van der Waals surface area (Å²) >= 11 is 0. The molecule has 7 nitrogen and oxygen atoms in total. The minimum Gasteiger partial charge on any atom is -0.306 e. The van der Waals surface area contributed by atoms with Gasteiger partial charge in [0.2, 0.25) is 11.9 Å². The molecule has 0 bridgehead atoms. The number of aromatic nitrogens is 4. The monoisotopic (exact) mass is 340 g/mol. The summed E-state index contributed by atoms with van der Waals surface area (Å²) in [6, 6.07) is 2.17. The maximum Gasteiger partial charge on any atom is 0.433 e. The molecule has 24 heavy (non-hydrogen) atoms. The molecule has 2 aromatic rings. The predicted octanol–water partition coefficient (Wildman–Crippen LogP) is 1.74. The molecular formula is C14H15F3N6O. The van der Waals surface area contributed by atoms with Gasteiger partial charge in [-0.05, 0) is 26.1 Å². The van der Waals surface area contributed by atoms with Gasteiger partial charge in [-0.1, -0.05) is 0 Å². The van der Waals surface area contributed by atoms with Crippen molar-refractivity contribution in [1.29, 1.82) is 0 Å². The van der Waals surface area contributed by atoms with Crippen molar-refractivity contribution in [3.63, 3.8) is 0 Å².